The molecule has 0 aromatic heterocycles. The van der Waals surface area contributed by atoms with E-state index in [1.807, 2.05) is 24.3 Å². The molecule has 0 amide bonds. The lowest BCUT2D eigenvalue weighted by Crippen LogP contribution is -2.07. The van der Waals surface area contributed by atoms with E-state index in [2.05, 4.69) is 19.7 Å². The maximum Gasteiger partial charge on any atom is 0.151 e. The van der Waals surface area contributed by atoms with Crippen LogP contribution in [0, 0.1) is 0 Å². The van der Waals surface area contributed by atoms with Crippen LogP contribution in [0.15, 0.2) is 67.2 Å². The molecule has 3 heteroatoms. The molecule has 0 aliphatic carbocycles. The first kappa shape index (κ1) is 12.6. The molecule has 0 bridgehead atoms. The lowest BCUT2D eigenvalue weighted by Gasteiger charge is -2.10. The van der Waals surface area contributed by atoms with E-state index >= 15 is 0 Å². The van der Waals surface area contributed by atoms with Gasteiger partial charge in [0.2, 0.25) is 0 Å². The number of hydrogen-bond acceptors (Lipinski definition) is 3. The van der Waals surface area contributed by atoms with E-state index < -0.39 is 0 Å². The van der Waals surface area contributed by atoms with E-state index in [-0.39, 0.29) is 0 Å². The first-order chi connectivity index (χ1) is 8.02. The third-order valence-electron chi connectivity index (χ3n) is 1.98. The molecule has 0 heterocycles. The summed E-state index contributed by atoms with van der Waals surface area (Å²) in [5.41, 5.74) is 12.7. The lowest BCUT2D eigenvalue weighted by molar-refractivity contribution is 0.435. The maximum atomic E-state index is 5.59. The van der Waals surface area contributed by atoms with E-state index in [0.29, 0.717) is 22.9 Å². The zero-order valence-corrected chi connectivity index (χ0v) is 9.65. The second kappa shape index (κ2) is 5.61. The van der Waals surface area contributed by atoms with Gasteiger partial charge in [-0.1, -0.05) is 37.9 Å². The minimum absolute atomic E-state index is 0.296. The Balaban J connectivity index is 2.90. The quantitative estimate of drug-likeness (QED) is 0.601. The summed E-state index contributed by atoms with van der Waals surface area (Å²) < 4.78 is 5.55. The molecule has 0 spiro atoms. The Morgan fingerprint density at radius 3 is 2.12 bits per heavy atom. The molecule has 0 atom stereocenters. The van der Waals surface area contributed by atoms with E-state index in [1.54, 1.807) is 6.08 Å². The predicted molar refractivity (Wildman–Crippen MR) is 71.9 cm³/mol. The van der Waals surface area contributed by atoms with Gasteiger partial charge in [-0.2, -0.15) is 0 Å². The average Bonchev–Trinajstić information content (AvgIpc) is 2.28. The molecule has 3 nitrogen and oxygen atoms in total. The molecular formula is C14H16N2O. The van der Waals surface area contributed by atoms with Crippen molar-refractivity contribution < 1.29 is 4.74 Å². The van der Waals surface area contributed by atoms with Crippen LogP contribution in [-0.2, 0) is 0 Å². The lowest BCUT2D eigenvalue weighted by atomic mass is 10.2. The minimum Gasteiger partial charge on any atom is -0.455 e. The minimum atomic E-state index is 0.296. The molecule has 1 aromatic carbocycles. The third kappa shape index (κ3) is 3.91. The Hall–Kier alpha value is -2.42. The molecule has 0 saturated heterocycles. The predicted octanol–water partition coefficient (Wildman–Crippen LogP) is 2.54. The van der Waals surface area contributed by atoms with Crippen molar-refractivity contribution in [1.82, 2.24) is 0 Å². The van der Waals surface area contributed by atoms with Gasteiger partial charge in [-0.3, -0.25) is 0 Å². The zero-order valence-electron chi connectivity index (χ0n) is 9.65. The summed E-state index contributed by atoms with van der Waals surface area (Å²) in [5, 5.41) is 0. The van der Waals surface area contributed by atoms with Crippen LogP contribution >= 0.6 is 0 Å². The van der Waals surface area contributed by atoms with Crippen molar-refractivity contribution in [3.63, 3.8) is 0 Å². The fraction of sp³-hybridized carbons (Fsp3) is 0. The number of benzene rings is 1. The van der Waals surface area contributed by atoms with Gasteiger partial charge in [0.15, 0.2) is 5.76 Å². The standard InChI is InChI=1S/C14H16N2O/c1-4-12-5-7-13(8-6-12)17-14(11(3)16)9-10(2)15/h4-9H,1-3,15-16H2/b14-9+. The Kier molecular flexibility index (Phi) is 4.17. The van der Waals surface area contributed by atoms with Gasteiger partial charge in [0.25, 0.3) is 0 Å². The van der Waals surface area contributed by atoms with Crippen molar-refractivity contribution in [3.05, 3.63) is 72.8 Å². The molecule has 0 radical (unpaired) electrons. The number of allylic oxidation sites excluding steroid dienone is 1. The van der Waals surface area contributed by atoms with Gasteiger partial charge in [0, 0.05) is 11.8 Å². The van der Waals surface area contributed by atoms with Crippen LogP contribution in [0.4, 0.5) is 0 Å². The molecule has 1 rings (SSSR count). The van der Waals surface area contributed by atoms with Crippen LogP contribution < -0.4 is 16.2 Å². The summed E-state index contributed by atoms with van der Waals surface area (Å²) >= 11 is 0. The molecule has 88 valence electrons. The van der Waals surface area contributed by atoms with E-state index in [4.69, 9.17) is 16.2 Å². The molecule has 0 saturated carbocycles. The molecule has 0 aliphatic heterocycles. The summed E-state index contributed by atoms with van der Waals surface area (Å²) in [7, 11) is 0. The smallest absolute Gasteiger partial charge is 0.151 e. The molecule has 0 fully saturated rings. The first-order valence-corrected chi connectivity index (χ1v) is 5.04. The SMILES string of the molecule is C=Cc1ccc(O/C(=C/C(=C)N)C(=C)N)cc1. The molecule has 4 N–H and O–H groups in total. The summed E-state index contributed by atoms with van der Waals surface area (Å²) in [4.78, 5) is 0. The van der Waals surface area contributed by atoms with Crippen molar-refractivity contribution >= 4 is 6.08 Å². The summed E-state index contributed by atoms with van der Waals surface area (Å²) in [6.07, 6.45) is 3.29. The van der Waals surface area contributed by atoms with Crippen molar-refractivity contribution in [2.75, 3.05) is 0 Å². The van der Waals surface area contributed by atoms with Gasteiger partial charge < -0.3 is 16.2 Å². The Morgan fingerprint density at radius 2 is 1.71 bits per heavy atom. The second-order valence-corrected chi connectivity index (χ2v) is 3.48. The fourth-order valence-corrected chi connectivity index (χ4v) is 1.16. The van der Waals surface area contributed by atoms with Gasteiger partial charge in [0.05, 0.1) is 5.70 Å². The van der Waals surface area contributed by atoms with Crippen LogP contribution in [0.5, 0.6) is 5.75 Å². The van der Waals surface area contributed by atoms with Gasteiger partial charge in [0.1, 0.15) is 5.75 Å². The maximum absolute atomic E-state index is 5.59. The largest absolute Gasteiger partial charge is 0.455 e. The van der Waals surface area contributed by atoms with Crippen molar-refractivity contribution in [2.45, 2.75) is 0 Å². The highest BCUT2D eigenvalue weighted by Gasteiger charge is 2.02. The summed E-state index contributed by atoms with van der Waals surface area (Å²) in [5.74, 6) is 1.04. The number of hydrogen-bond donors (Lipinski definition) is 2. The number of nitrogens with two attached hydrogens (primary N) is 2. The van der Waals surface area contributed by atoms with Crippen molar-refractivity contribution in [3.8, 4) is 5.75 Å². The van der Waals surface area contributed by atoms with Gasteiger partial charge in [-0.25, -0.2) is 0 Å². The Bertz CT molecular complexity index is 470. The molecule has 0 aliphatic rings. The molecule has 0 unspecified atom stereocenters. The topological polar surface area (TPSA) is 61.3 Å². The molecule has 1 aromatic rings. The van der Waals surface area contributed by atoms with Gasteiger partial charge in [-0.05, 0) is 17.7 Å². The highest BCUT2D eigenvalue weighted by Crippen LogP contribution is 2.17. The number of ether oxygens (including phenoxy) is 1. The van der Waals surface area contributed by atoms with E-state index in [9.17, 15) is 0 Å². The van der Waals surface area contributed by atoms with Crippen LogP contribution in [-0.4, -0.2) is 0 Å². The fourth-order valence-electron chi connectivity index (χ4n) is 1.16. The molecular weight excluding hydrogens is 212 g/mol. The Labute approximate surface area is 101 Å². The monoisotopic (exact) mass is 228 g/mol. The molecule has 17 heavy (non-hydrogen) atoms. The summed E-state index contributed by atoms with van der Waals surface area (Å²) in [6.45, 7) is 10.8. The van der Waals surface area contributed by atoms with Crippen molar-refractivity contribution in [1.29, 1.82) is 0 Å². The first-order valence-electron chi connectivity index (χ1n) is 5.04. The normalized spacial score (nSPS) is 10.7. The van der Waals surface area contributed by atoms with E-state index in [1.165, 1.54) is 6.08 Å². The summed E-state index contributed by atoms with van der Waals surface area (Å²) in [6, 6.07) is 7.40. The van der Waals surface area contributed by atoms with Crippen LogP contribution in [0.2, 0.25) is 0 Å². The van der Waals surface area contributed by atoms with Crippen LogP contribution in [0.25, 0.3) is 6.08 Å². The highest BCUT2D eigenvalue weighted by molar-refractivity contribution is 5.48. The second-order valence-electron chi connectivity index (χ2n) is 3.48. The Morgan fingerprint density at radius 1 is 1.12 bits per heavy atom. The van der Waals surface area contributed by atoms with Crippen molar-refractivity contribution in [2.24, 2.45) is 11.5 Å². The van der Waals surface area contributed by atoms with Crippen LogP contribution in [0.1, 0.15) is 5.56 Å². The van der Waals surface area contributed by atoms with Crippen LogP contribution in [0.3, 0.4) is 0 Å². The zero-order chi connectivity index (χ0) is 12.8. The van der Waals surface area contributed by atoms with E-state index in [0.717, 1.165) is 5.56 Å². The van der Waals surface area contributed by atoms with Gasteiger partial charge >= 0.3 is 0 Å². The number of rotatable bonds is 5. The highest BCUT2D eigenvalue weighted by atomic mass is 16.5. The third-order valence-corrected chi connectivity index (χ3v) is 1.98. The average molecular weight is 228 g/mol. The van der Waals surface area contributed by atoms with Gasteiger partial charge in [-0.15, -0.1) is 0 Å².